The zero-order valence-corrected chi connectivity index (χ0v) is 13.1. The van der Waals surface area contributed by atoms with Gasteiger partial charge in [-0.15, -0.1) is 0 Å². The summed E-state index contributed by atoms with van der Waals surface area (Å²) in [5, 5.41) is 3.48. The monoisotopic (exact) mass is 360 g/mol. The predicted molar refractivity (Wildman–Crippen MR) is 80.6 cm³/mol. The van der Waals surface area contributed by atoms with Crippen LogP contribution >= 0.6 is 31.9 Å². The van der Waals surface area contributed by atoms with Crippen molar-refractivity contribution in [1.29, 1.82) is 0 Å². The van der Waals surface area contributed by atoms with E-state index in [1.165, 1.54) is 38.9 Å². The fourth-order valence-electron chi connectivity index (χ4n) is 2.19. The summed E-state index contributed by atoms with van der Waals surface area (Å²) in [5.74, 6) is 0. The van der Waals surface area contributed by atoms with Crippen molar-refractivity contribution < 1.29 is 0 Å². The maximum Gasteiger partial charge on any atom is 0.0628 e. The first kappa shape index (κ1) is 13.4. The molecule has 0 atom stereocenters. The minimum atomic E-state index is 1.03. The molecule has 1 saturated heterocycles. The van der Waals surface area contributed by atoms with Gasteiger partial charge in [0.25, 0.3) is 0 Å². The molecule has 0 unspecified atom stereocenters. The molecule has 17 heavy (non-hydrogen) atoms. The van der Waals surface area contributed by atoms with E-state index < -0.39 is 0 Å². The molecule has 0 aromatic heterocycles. The molecule has 1 aromatic rings. The summed E-state index contributed by atoms with van der Waals surface area (Å²) < 4.78 is 2.24. The molecular formula is C13H18Br2N2. The van der Waals surface area contributed by atoms with Crippen molar-refractivity contribution in [3.63, 3.8) is 0 Å². The van der Waals surface area contributed by atoms with E-state index in [-0.39, 0.29) is 0 Å². The first-order chi connectivity index (χ1) is 8.27. The molecule has 2 rings (SSSR count). The number of benzene rings is 1. The predicted octanol–water partition coefficient (Wildman–Crippen LogP) is 4.11. The van der Waals surface area contributed by atoms with Crippen molar-refractivity contribution in [2.24, 2.45) is 0 Å². The molecular weight excluding hydrogens is 344 g/mol. The van der Waals surface area contributed by atoms with Crippen LogP contribution in [-0.4, -0.2) is 31.1 Å². The number of para-hydroxylation sites is 1. The SMILES string of the molecule is Brc1cccc(Br)c1NCCCN1CCCC1. The summed E-state index contributed by atoms with van der Waals surface area (Å²) in [4.78, 5) is 2.55. The van der Waals surface area contributed by atoms with Gasteiger partial charge in [-0.2, -0.15) is 0 Å². The maximum absolute atomic E-state index is 3.56. The van der Waals surface area contributed by atoms with Crippen LogP contribution in [0.3, 0.4) is 0 Å². The Morgan fingerprint density at radius 3 is 2.41 bits per heavy atom. The van der Waals surface area contributed by atoms with E-state index in [1.807, 2.05) is 6.07 Å². The quantitative estimate of drug-likeness (QED) is 0.794. The number of hydrogen-bond acceptors (Lipinski definition) is 2. The molecule has 0 aliphatic carbocycles. The Balaban J connectivity index is 1.74. The molecule has 1 aliphatic heterocycles. The normalized spacial score (nSPS) is 16.4. The second-order valence-corrected chi connectivity index (χ2v) is 6.13. The third-order valence-electron chi connectivity index (χ3n) is 3.11. The van der Waals surface area contributed by atoms with E-state index in [2.05, 4.69) is 54.2 Å². The van der Waals surface area contributed by atoms with E-state index >= 15 is 0 Å². The number of hydrogen-bond donors (Lipinski definition) is 1. The molecule has 4 heteroatoms. The molecule has 1 fully saturated rings. The molecule has 0 spiro atoms. The Labute approximate surface area is 120 Å². The lowest BCUT2D eigenvalue weighted by Gasteiger charge is -2.15. The minimum absolute atomic E-state index is 1.03. The Hall–Kier alpha value is -0.0600. The molecule has 1 aromatic carbocycles. The molecule has 0 amide bonds. The van der Waals surface area contributed by atoms with Crippen LogP contribution < -0.4 is 5.32 Å². The van der Waals surface area contributed by atoms with Crippen LogP contribution in [0.25, 0.3) is 0 Å². The minimum Gasteiger partial charge on any atom is -0.383 e. The van der Waals surface area contributed by atoms with Gasteiger partial charge in [0, 0.05) is 15.5 Å². The lowest BCUT2D eigenvalue weighted by Crippen LogP contribution is -2.22. The maximum atomic E-state index is 3.56. The lowest BCUT2D eigenvalue weighted by molar-refractivity contribution is 0.337. The Bertz CT molecular complexity index is 342. The topological polar surface area (TPSA) is 15.3 Å². The zero-order chi connectivity index (χ0) is 12.1. The standard InChI is InChI=1S/C13H18Br2N2/c14-11-5-3-6-12(15)13(11)16-7-4-10-17-8-1-2-9-17/h3,5-6,16H,1-2,4,7-10H2. The van der Waals surface area contributed by atoms with Gasteiger partial charge in [0.15, 0.2) is 0 Å². The van der Waals surface area contributed by atoms with Crippen LogP contribution in [0.2, 0.25) is 0 Å². The van der Waals surface area contributed by atoms with Crippen LogP contribution in [-0.2, 0) is 0 Å². The van der Waals surface area contributed by atoms with E-state index in [4.69, 9.17) is 0 Å². The smallest absolute Gasteiger partial charge is 0.0628 e. The summed E-state index contributed by atoms with van der Waals surface area (Å²) in [7, 11) is 0. The molecule has 0 saturated carbocycles. The van der Waals surface area contributed by atoms with Crippen LogP contribution in [0.1, 0.15) is 19.3 Å². The van der Waals surface area contributed by atoms with Gasteiger partial charge in [0.05, 0.1) is 5.69 Å². The highest BCUT2D eigenvalue weighted by atomic mass is 79.9. The average Bonchev–Trinajstić information content (AvgIpc) is 2.80. The second kappa shape index (κ2) is 6.76. The van der Waals surface area contributed by atoms with Crippen molar-refractivity contribution in [3.05, 3.63) is 27.1 Å². The number of nitrogens with zero attached hydrogens (tertiary/aromatic N) is 1. The Morgan fingerprint density at radius 2 is 1.76 bits per heavy atom. The summed E-state index contributed by atoms with van der Waals surface area (Å²) in [5.41, 5.74) is 1.16. The number of anilines is 1. The number of rotatable bonds is 5. The van der Waals surface area contributed by atoms with Gasteiger partial charge >= 0.3 is 0 Å². The van der Waals surface area contributed by atoms with Gasteiger partial charge in [-0.1, -0.05) is 6.07 Å². The molecule has 94 valence electrons. The van der Waals surface area contributed by atoms with Crippen molar-refractivity contribution in [2.45, 2.75) is 19.3 Å². The fraction of sp³-hybridized carbons (Fsp3) is 0.538. The van der Waals surface area contributed by atoms with Gasteiger partial charge in [-0.05, 0) is 82.9 Å². The van der Waals surface area contributed by atoms with E-state index in [0.29, 0.717) is 0 Å². The van der Waals surface area contributed by atoms with Crippen LogP contribution in [0.15, 0.2) is 27.1 Å². The van der Waals surface area contributed by atoms with Crippen molar-refractivity contribution in [2.75, 3.05) is 31.5 Å². The molecule has 2 nitrogen and oxygen atoms in total. The Morgan fingerprint density at radius 1 is 1.12 bits per heavy atom. The molecule has 0 radical (unpaired) electrons. The van der Waals surface area contributed by atoms with Gasteiger partial charge in [0.1, 0.15) is 0 Å². The first-order valence-electron chi connectivity index (χ1n) is 6.17. The van der Waals surface area contributed by atoms with Crippen LogP contribution in [0, 0.1) is 0 Å². The van der Waals surface area contributed by atoms with Crippen LogP contribution in [0.4, 0.5) is 5.69 Å². The average molecular weight is 362 g/mol. The lowest BCUT2D eigenvalue weighted by atomic mass is 10.3. The first-order valence-corrected chi connectivity index (χ1v) is 7.76. The number of nitrogens with one attached hydrogen (secondary N) is 1. The third kappa shape index (κ3) is 3.97. The highest BCUT2D eigenvalue weighted by Gasteiger charge is 2.10. The number of halogens is 2. The van der Waals surface area contributed by atoms with Crippen molar-refractivity contribution in [3.8, 4) is 0 Å². The van der Waals surface area contributed by atoms with Crippen LogP contribution in [0.5, 0.6) is 0 Å². The molecule has 1 N–H and O–H groups in total. The van der Waals surface area contributed by atoms with E-state index in [9.17, 15) is 0 Å². The fourth-order valence-corrected chi connectivity index (χ4v) is 3.47. The number of likely N-dealkylation sites (tertiary alicyclic amines) is 1. The highest BCUT2D eigenvalue weighted by molar-refractivity contribution is 9.11. The summed E-state index contributed by atoms with van der Waals surface area (Å²) in [6, 6.07) is 6.16. The van der Waals surface area contributed by atoms with Gasteiger partial charge in [0.2, 0.25) is 0 Å². The zero-order valence-electron chi connectivity index (χ0n) is 9.88. The van der Waals surface area contributed by atoms with Gasteiger partial charge < -0.3 is 10.2 Å². The van der Waals surface area contributed by atoms with E-state index in [0.717, 1.165) is 21.2 Å². The third-order valence-corrected chi connectivity index (χ3v) is 4.44. The van der Waals surface area contributed by atoms with Crippen molar-refractivity contribution >= 4 is 37.5 Å². The molecule has 0 bridgehead atoms. The largest absolute Gasteiger partial charge is 0.383 e. The summed E-state index contributed by atoms with van der Waals surface area (Å²) >= 11 is 7.13. The van der Waals surface area contributed by atoms with Crippen molar-refractivity contribution in [1.82, 2.24) is 4.90 Å². The highest BCUT2D eigenvalue weighted by Crippen LogP contribution is 2.30. The van der Waals surface area contributed by atoms with Gasteiger partial charge in [-0.25, -0.2) is 0 Å². The van der Waals surface area contributed by atoms with Gasteiger partial charge in [-0.3, -0.25) is 0 Å². The van der Waals surface area contributed by atoms with E-state index in [1.54, 1.807) is 0 Å². The summed E-state index contributed by atoms with van der Waals surface area (Å²) in [6.07, 6.45) is 3.96. The second-order valence-electron chi connectivity index (χ2n) is 4.43. The summed E-state index contributed by atoms with van der Waals surface area (Å²) in [6.45, 7) is 4.82. The molecule has 1 aliphatic rings. The Kier molecular flexibility index (Phi) is 5.32. The molecule has 1 heterocycles.